The molecule has 0 aliphatic rings. The number of nitrogens with zero attached hydrogens (tertiary/aromatic N) is 4. The van der Waals surface area contributed by atoms with Crippen molar-refractivity contribution in [3.63, 3.8) is 0 Å². The maximum absolute atomic E-state index is 6.16. The first-order chi connectivity index (χ1) is 10.7. The predicted octanol–water partition coefficient (Wildman–Crippen LogP) is 3.76. The second-order valence-corrected chi connectivity index (χ2v) is 5.48. The van der Waals surface area contributed by atoms with Crippen molar-refractivity contribution < 1.29 is 0 Å². The summed E-state index contributed by atoms with van der Waals surface area (Å²) in [5, 5.41) is 12.2. The van der Waals surface area contributed by atoms with E-state index in [2.05, 4.69) is 39.2 Å². The van der Waals surface area contributed by atoms with Crippen LogP contribution in [0.2, 0.25) is 5.02 Å². The monoisotopic (exact) mass is 319 g/mol. The second-order valence-electron chi connectivity index (χ2n) is 5.07. The van der Waals surface area contributed by atoms with Gasteiger partial charge in [-0.1, -0.05) is 43.6 Å². The van der Waals surface area contributed by atoms with Crippen LogP contribution in [-0.4, -0.2) is 28.3 Å². The van der Waals surface area contributed by atoms with E-state index in [9.17, 15) is 0 Å². The Bertz CT molecular complexity index is 584. The van der Waals surface area contributed by atoms with Gasteiger partial charge in [-0.05, 0) is 24.5 Å². The lowest BCUT2D eigenvalue weighted by molar-refractivity contribution is 0.710. The summed E-state index contributed by atoms with van der Waals surface area (Å²) in [5.41, 5.74) is 1.03. The maximum atomic E-state index is 6.16. The van der Waals surface area contributed by atoms with Gasteiger partial charge < -0.3 is 10.2 Å². The minimum absolute atomic E-state index is 0.610. The fourth-order valence-corrected chi connectivity index (χ4v) is 2.40. The first kappa shape index (κ1) is 16.5. The molecule has 6 heteroatoms. The molecule has 0 aliphatic carbocycles. The summed E-state index contributed by atoms with van der Waals surface area (Å²) in [6.07, 6.45) is 3.75. The molecule has 0 fully saturated rings. The minimum Gasteiger partial charge on any atom is -0.364 e. The minimum atomic E-state index is 0.610. The molecular formula is C16H22ClN5. The highest BCUT2D eigenvalue weighted by Crippen LogP contribution is 2.17. The molecule has 0 saturated heterocycles. The number of benzene rings is 1. The summed E-state index contributed by atoms with van der Waals surface area (Å²) < 4.78 is 0. The molecule has 1 aromatic heterocycles. The molecule has 22 heavy (non-hydrogen) atoms. The SMILES string of the molecule is CCCN(CCC)c1nncc(NCc2ccccc2Cl)n1. The van der Waals surface area contributed by atoms with Gasteiger partial charge in [0.25, 0.3) is 0 Å². The molecular weight excluding hydrogens is 298 g/mol. The zero-order valence-corrected chi connectivity index (χ0v) is 13.8. The first-order valence-electron chi connectivity index (χ1n) is 7.66. The van der Waals surface area contributed by atoms with Crippen molar-refractivity contribution in [2.45, 2.75) is 33.2 Å². The van der Waals surface area contributed by atoms with E-state index in [0.29, 0.717) is 18.3 Å². The summed E-state index contributed by atoms with van der Waals surface area (Å²) in [4.78, 5) is 6.71. The highest BCUT2D eigenvalue weighted by molar-refractivity contribution is 6.31. The lowest BCUT2D eigenvalue weighted by atomic mass is 10.2. The summed E-state index contributed by atoms with van der Waals surface area (Å²) >= 11 is 6.16. The van der Waals surface area contributed by atoms with Crippen LogP contribution in [0.5, 0.6) is 0 Å². The maximum Gasteiger partial charge on any atom is 0.247 e. The second kappa shape index (κ2) is 8.54. The number of anilines is 2. The predicted molar refractivity (Wildman–Crippen MR) is 91.4 cm³/mol. The Morgan fingerprint density at radius 2 is 1.86 bits per heavy atom. The molecule has 1 heterocycles. The van der Waals surface area contributed by atoms with Crippen LogP contribution < -0.4 is 10.2 Å². The van der Waals surface area contributed by atoms with Crippen molar-refractivity contribution in [3.8, 4) is 0 Å². The summed E-state index contributed by atoms with van der Waals surface area (Å²) in [6, 6.07) is 7.76. The van der Waals surface area contributed by atoms with Crippen LogP contribution in [0.1, 0.15) is 32.3 Å². The molecule has 0 amide bonds. The van der Waals surface area contributed by atoms with E-state index in [-0.39, 0.29) is 0 Å². The lowest BCUT2D eigenvalue weighted by Gasteiger charge is -2.21. The third kappa shape index (κ3) is 4.56. The topological polar surface area (TPSA) is 53.9 Å². The van der Waals surface area contributed by atoms with Crippen LogP contribution in [0.4, 0.5) is 11.8 Å². The fourth-order valence-electron chi connectivity index (χ4n) is 2.19. The van der Waals surface area contributed by atoms with Crippen LogP contribution in [0, 0.1) is 0 Å². The third-order valence-electron chi connectivity index (χ3n) is 3.24. The Morgan fingerprint density at radius 3 is 2.55 bits per heavy atom. The average molecular weight is 320 g/mol. The molecule has 5 nitrogen and oxygen atoms in total. The third-order valence-corrected chi connectivity index (χ3v) is 3.60. The van der Waals surface area contributed by atoms with Gasteiger partial charge in [-0.3, -0.25) is 0 Å². The molecule has 0 saturated carbocycles. The molecule has 0 aliphatic heterocycles. The van der Waals surface area contributed by atoms with E-state index in [1.165, 1.54) is 0 Å². The van der Waals surface area contributed by atoms with Crippen molar-refractivity contribution in [1.82, 2.24) is 15.2 Å². The van der Waals surface area contributed by atoms with Gasteiger partial charge in [0.2, 0.25) is 5.95 Å². The van der Waals surface area contributed by atoms with E-state index in [4.69, 9.17) is 11.6 Å². The number of nitrogens with one attached hydrogen (secondary N) is 1. The Morgan fingerprint density at radius 1 is 1.14 bits per heavy atom. The van der Waals surface area contributed by atoms with Crippen LogP contribution in [0.3, 0.4) is 0 Å². The van der Waals surface area contributed by atoms with Gasteiger partial charge in [0, 0.05) is 24.7 Å². The van der Waals surface area contributed by atoms with Crippen molar-refractivity contribution in [3.05, 3.63) is 41.0 Å². The molecule has 0 atom stereocenters. The number of halogens is 1. The van der Waals surface area contributed by atoms with Gasteiger partial charge in [-0.25, -0.2) is 0 Å². The average Bonchev–Trinajstić information content (AvgIpc) is 2.54. The van der Waals surface area contributed by atoms with Crippen molar-refractivity contribution in [2.24, 2.45) is 0 Å². The first-order valence-corrected chi connectivity index (χ1v) is 8.04. The van der Waals surface area contributed by atoms with E-state index >= 15 is 0 Å². The van der Waals surface area contributed by atoms with Crippen molar-refractivity contribution in [2.75, 3.05) is 23.3 Å². The van der Waals surface area contributed by atoms with E-state index in [1.54, 1.807) is 6.20 Å². The standard InChI is InChI=1S/C16H22ClN5/c1-3-9-22(10-4-2)16-20-15(12-19-21-16)18-11-13-7-5-6-8-14(13)17/h5-8,12H,3-4,9-11H2,1-2H3,(H,18,20,21). The Kier molecular flexibility index (Phi) is 6.40. The van der Waals surface area contributed by atoms with Gasteiger partial charge in [-0.2, -0.15) is 10.1 Å². The van der Waals surface area contributed by atoms with Gasteiger partial charge in [0.05, 0.1) is 6.20 Å². The van der Waals surface area contributed by atoms with E-state index in [0.717, 1.165) is 36.5 Å². The highest BCUT2D eigenvalue weighted by atomic mass is 35.5. The Hall–Kier alpha value is -1.88. The molecule has 2 rings (SSSR count). The lowest BCUT2D eigenvalue weighted by Crippen LogP contribution is -2.27. The summed E-state index contributed by atoms with van der Waals surface area (Å²) in [6.45, 7) is 6.78. The Balaban J connectivity index is 2.06. The molecule has 1 N–H and O–H groups in total. The fraction of sp³-hybridized carbons (Fsp3) is 0.438. The molecule has 0 bridgehead atoms. The van der Waals surface area contributed by atoms with Gasteiger partial charge in [-0.15, -0.1) is 5.10 Å². The highest BCUT2D eigenvalue weighted by Gasteiger charge is 2.09. The quantitative estimate of drug-likeness (QED) is 0.802. The van der Waals surface area contributed by atoms with E-state index < -0.39 is 0 Å². The zero-order chi connectivity index (χ0) is 15.8. The van der Waals surface area contributed by atoms with Crippen molar-refractivity contribution >= 4 is 23.4 Å². The summed E-state index contributed by atoms with van der Waals surface area (Å²) in [5.74, 6) is 1.38. The molecule has 2 aromatic rings. The molecule has 0 radical (unpaired) electrons. The number of hydrogen-bond donors (Lipinski definition) is 1. The van der Waals surface area contributed by atoms with E-state index in [1.807, 2.05) is 24.3 Å². The van der Waals surface area contributed by atoms with Crippen LogP contribution in [-0.2, 0) is 6.54 Å². The molecule has 1 aromatic carbocycles. The van der Waals surface area contributed by atoms with Crippen LogP contribution >= 0.6 is 11.6 Å². The molecule has 118 valence electrons. The van der Waals surface area contributed by atoms with Crippen LogP contribution in [0.25, 0.3) is 0 Å². The number of hydrogen-bond acceptors (Lipinski definition) is 5. The molecule has 0 spiro atoms. The normalized spacial score (nSPS) is 10.5. The largest absolute Gasteiger partial charge is 0.364 e. The summed E-state index contributed by atoms with van der Waals surface area (Å²) in [7, 11) is 0. The van der Waals surface area contributed by atoms with Crippen molar-refractivity contribution in [1.29, 1.82) is 0 Å². The Labute approximate surface area is 136 Å². The molecule has 0 unspecified atom stereocenters. The smallest absolute Gasteiger partial charge is 0.247 e. The van der Waals surface area contributed by atoms with Crippen LogP contribution in [0.15, 0.2) is 30.5 Å². The number of rotatable bonds is 8. The van der Waals surface area contributed by atoms with Gasteiger partial charge >= 0.3 is 0 Å². The number of aromatic nitrogens is 3. The van der Waals surface area contributed by atoms with Gasteiger partial charge in [0.1, 0.15) is 0 Å². The van der Waals surface area contributed by atoms with Gasteiger partial charge in [0.15, 0.2) is 5.82 Å². The zero-order valence-electron chi connectivity index (χ0n) is 13.1.